The van der Waals surface area contributed by atoms with Crippen molar-refractivity contribution >= 4 is 11.6 Å². The molecule has 0 radical (unpaired) electrons. The van der Waals surface area contributed by atoms with Crippen molar-refractivity contribution in [1.82, 2.24) is 5.32 Å². The molecule has 0 heterocycles. The predicted molar refractivity (Wildman–Crippen MR) is 82.5 cm³/mol. The van der Waals surface area contributed by atoms with Crippen LogP contribution in [0.5, 0.6) is 11.5 Å². The van der Waals surface area contributed by atoms with Crippen LogP contribution in [-0.2, 0) is 6.54 Å². The number of hydrogen-bond donors (Lipinski definition) is 2. The monoisotopic (exact) mass is 297 g/mol. The van der Waals surface area contributed by atoms with E-state index in [0.29, 0.717) is 23.4 Å². The fraction of sp³-hybridized carbons (Fsp3) is 0.625. The molecule has 1 aliphatic carbocycles. The number of benzene rings is 1. The molecule has 0 aliphatic heterocycles. The summed E-state index contributed by atoms with van der Waals surface area (Å²) in [7, 11) is 1.54. The van der Waals surface area contributed by atoms with Crippen LogP contribution in [0.1, 0.15) is 44.6 Å². The lowest BCUT2D eigenvalue weighted by molar-refractivity contribution is 0.277. The van der Waals surface area contributed by atoms with E-state index < -0.39 is 0 Å². The molecule has 1 fully saturated rings. The number of methoxy groups -OCH3 is 1. The third-order valence-corrected chi connectivity index (χ3v) is 4.50. The van der Waals surface area contributed by atoms with Gasteiger partial charge in [-0.1, -0.05) is 37.8 Å². The summed E-state index contributed by atoms with van der Waals surface area (Å²) < 4.78 is 5.13. The van der Waals surface area contributed by atoms with E-state index in [1.807, 2.05) is 0 Å². The maximum absolute atomic E-state index is 10.1. The van der Waals surface area contributed by atoms with Crippen molar-refractivity contribution in [3.63, 3.8) is 0 Å². The van der Waals surface area contributed by atoms with Crippen LogP contribution in [0.4, 0.5) is 0 Å². The Morgan fingerprint density at radius 2 is 2.20 bits per heavy atom. The van der Waals surface area contributed by atoms with Crippen molar-refractivity contribution in [2.75, 3.05) is 7.11 Å². The molecule has 2 atom stereocenters. The maximum Gasteiger partial charge on any atom is 0.162 e. The van der Waals surface area contributed by atoms with Crippen LogP contribution in [0, 0.1) is 5.92 Å². The van der Waals surface area contributed by atoms with Gasteiger partial charge in [0.1, 0.15) is 0 Å². The van der Waals surface area contributed by atoms with Gasteiger partial charge in [-0.25, -0.2) is 0 Å². The molecule has 112 valence electrons. The molecule has 20 heavy (non-hydrogen) atoms. The average Bonchev–Trinajstić information content (AvgIpc) is 2.48. The molecule has 0 amide bonds. The number of hydrogen-bond acceptors (Lipinski definition) is 3. The molecule has 2 unspecified atom stereocenters. The first-order valence-electron chi connectivity index (χ1n) is 7.42. The molecule has 0 spiro atoms. The van der Waals surface area contributed by atoms with Crippen LogP contribution < -0.4 is 10.1 Å². The standard InChI is InChI=1S/C16H24ClNO2/c1-3-11-5-4-6-14(7-11)18-10-12-8-13(17)9-15(20-2)16(12)19/h8-9,11,14,18-19H,3-7,10H2,1-2H3. The molecular weight excluding hydrogens is 274 g/mol. The second kappa shape index (κ2) is 7.19. The minimum Gasteiger partial charge on any atom is -0.504 e. The lowest BCUT2D eigenvalue weighted by atomic mass is 9.84. The van der Waals surface area contributed by atoms with Gasteiger partial charge in [-0.05, 0) is 24.8 Å². The van der Waals surface area contributed by atoms with Gasteiger partial charge in [0.05, 0.1) is 7.11 Å². The highest BCUT2D eigenvalue weighted by Crippen LogP contribution is 2.34. The third-order valence-electron chi connectivity index (χ3n) is 4.28. The number of nitrogens with one attached hydrogen (secondary N) is 1. The number of phenolic OH excluding ortho intramolecular Hbond substituents is 1. The summed E-state index contributed by atoms with van der Waals surface area (Å²) in [6.45, 7) is 2.89. The van der Waals surface area contributed by atoms with E-state index in [2.05, 4.69) is 12.2 Å². The first kappa shape index (κ1) is 15.5. The minimum atomic E-state index is 0.187. The van der Waals surface area contributed by atoms with E-state index in [0.717, 1.165) is 11.5 Å². The van der Waals surface area contributed by atoms with Gasteiger partial charge in [0.15, 0.2) is 11.5 Å². The smallest absolute Gasteiger partial charge is 0.162 e. The fourth-order valence-electron chi connectivity index (χ4n) is 3.02. The van der Waals surface area contributed by atoms with Crippen LogP contribution in [0.25, 0.3) is 0 Å². The Balaban J connectivity index is 1.98. The number of halogens is 1. The van der Waals surface area contributed by atoms with Crippen LogP contribution in [0.3, 0.4) is 0 Å². The molecule has 0 saturated heterocycles. The highest BCUT2D eigenvalue weighted by Gasteiger charge is 2.20. The molecule has 1 aliphatic rings. The van der Waals surface area contributed by atoms with Gasteiger partial charge < -0.3 is 15.2 Å². The van der Waals surface area contributed by atoms with Gasteiger partial charge in [-0.15, -0.1) is 0 Å². The third kappa shape index (κ3) is 3.80. The van der Waals surface area contributed by atoms with Gasteiger partial charge in [0.25, 0.3) is 0 Å². The highest BCUT2D eigenvalue weighted by molar-refractivity contribution is 6.30. The second-order valence-corrected chi connectivity index (χ2v) is 6.07. The van der Waals surface area contributed by atoms with Gasteiger partial charge in [-0.3, -0.25) is 0 Å². The Labute approximate surface area is 126 Å². The van der Waals surface area contributed by atoms with Crippen molar-refractivity contribution in [3.05, 3.63) is 22.7 Å². The number of aromatic hydroxyl groups is 1. The summed E-state index contributed by atoms with van der Waals surface area (Å²) in [6.07, 6.45) is 6.35. The van der Waals surface area contributed by atoms with E-state index in [9.17, 15) is 5.11 Å². The summed E-state index contributed by atoms with van der Waals surface area (Å²) in [4.78, 5) is 0. The Kier molecular flexibility index (Phi) is 5.55. The number of phenols is 1. The quantitative estimate of drug-likeness (QED) is 0.859. The fourth-order valence-corrected chi connectivity index (χ4v) is 3.25. The molecule has 3 nitrogen and oxygen atoms in total. The van der Waals surface area contributed by atoms with E-state index in [1.165, 1.54) is 39.2 Å². The van der Waals surface area contributed by atoms with E-state index in [4.69, 9.17) is 16.3 Å². The second-order valence-electron chi connectivity index (χ2n) is 5.63. The average molecular weight is 298 g/mol. The van der Waals surface area contributed by atoms with Crippen LogP contribution in [-0.4, -0.2) is 18.3 Å². The SMILES string of the molecule is CCC1CCCC(NCc2cc(Cl)cc(OC)c2O)C1. The maximum atomic E-state index is 10.1. The first-order valence-corrected chi connectivity index (χ1v) is 7.80. The molecule has 1 aromatic rings. The summed E-state index contributed by atoms with van der Waals surface area (Å²) in [5.74, 6) is 1.46. The Hall–Kier alpha value is -0.930. The van der Waals surface area contributed by atoms with E-state index in [-0.39, 0.29) is 5.75 Å². The normalized spacial score (nSPS) is 22.8. The minimum absolute atomic E-state index is 0.187. The van der Waals surface area contributed by atoms with E-state index in [1.54, 1.807) is 12.1 Å². The summed E-state index contributed by atoms with van der Waals surface area (Å²) >= 11 is 6.05. The summed E-state index contributed by atoms with van der Waals surface area (Å²) in [5, 5.41) is 14.3. The highest BCUT2D eigenvalue weighted by atomic mass is 35.5. The summed E-state index contributed by atoms with van der Waals surface area (Å²) in [5.41, 5.74) is 0.799. The molecule has 0 aromatic heterocycles. The van der Waals surface area contributed by atoms with Gasteiger partial charge >= 0.3 is 0 Å². The summed E-state index contributed by atoms with van der Waals surface area (Å²) in [6, 6.07) is 3.97. The van der Waals surface area contributed by atoms with Gasteiger partial charge in [0, 0.05) is 29.2 Å². The van der Waals surface area contributed by atoms with Gasteiger partial charge in [0.2, 0.25) is 0 Å². The molecule has 2 rings (SSSR count). The van der Waals surface area contributed by atoms with Crippen molar-refractivity contribution in [3.8, 4) is 11.5 Å². The van der Waals surface area contributed by atoms with E-state index >= 15 is 0 Å². The van der Waals surface area contributed by atoms with Crippen molar-refractivity contribution < 1.29 is 9.84 Å². The predicted octanol–water partition coefficient (Wildman–Crippen LogP) is 4.11. The van der Waals surface area contributed by atoms with Crippen LogP contribution in [0.15, 0.2) is 12.1 Å². The molecule has 1 aromatic carbocycles. The molecular formula is C16H24ClNO2. The topological polar surface area (TPSA) is 41.5 Å². The zero-order valence-corrected chi connectivity index (χ0v) is 13.0. The Morgan fingerprint density at radius 1 is 1.40 bits per heavy atom. The Bertz CT molecular complexity index is 450. The van der Waals surface area contributed by atoms with Crippen molar-refractivity contribution in [2.45, 2.75) is 51.6 Å². The van der Waals surface area contributed by atoms with Crippen LogP contribution in [0.2, 0.25) is 5.02 Å². The molecule has 1 saturated carbocycles. The lowest BCUT2D eigenvalue weighted by Crippen LogP contribution is -2.33. The van der Waals surface area contributed by atoms with Gasteiger partial charge in [-0.2, -0.15) is 0 Å². The Morgan fingerprint density at radius 3 is 2.90 bits per heavy atom. The van der Waals surface area contributed by atoms with Crippen LogP contribution >= 0.6 is 11.6 Å². The molecule has 4 heteroatoms. The van der Waals surface area contributed by atoms with Crippen molar-refractivity contribution in [2.24, 2.45) is 5.92 Å². The van der Waals surface area contributed by atoms with Crippen molar-refractivity contribution in [1.29, 1.82) is 0 Å². The zero-order chi connectivity index (χ0) is 14.5. The molecule has 2 N–H and O–H groups in total. The molecule has 0 bridgehead atoms. The number of rotatable bonds is 5. The largest absolute Gasteiger partial charge is 0.504 e. The zero-order valence-electron chi connectivity index (χ0n) is 12.3. The number of ether oxygens (including phenoxy) is 1. The lowest BCUT2D eigenvalue weighted by Gasteiger charge is -2.29. The first-order chi connectivity index (χ1) is 9.63.